The Morgan fingerprint density at radius 2 is 2.16 bits per heavy atom. The summed E-state index contributed by atoms with van der Waals surface area (Å²) in [4.78, 5) is 0. The van der Waals surface area contributed by atoms with Crippen molar-refractivity contribution in [2.75, 3.05) is 26.4 Å². The van der Waals surface area contributed by atoms with Gasteiger partial charge in [-0.3, -0.25) is 0 Å². The highest BCUT2D eigenvalue weighted by Crippen LogP contribution is 2.21. The lowest BCUT2D eigenvalue weighted by Crippen LogP contribution is -2.41. The van der Waals surface area contributed by atoms with Crippen molar-refractivity contribution in [3.63, 3.8) is 0 Å². The molecule has 4 heteroatoms. The van der Waals surface area contributed by atoms with Gasteiger partial charge < -0.3 is 20.3 Å². The summed E-state index contributed by atoms with van der Waals surface area (Å²) in [5.74, 6) is 0. The molecule has 1 aromatic carbocycles. The maximum atomic E-state index is 9.54. The minimum absolute atomic E-state index is 0.0830. The Balaban J connectivity index is 1.78. The zero-order valence-electron chi connectivity index (χ0n) is 11.3. The molecule has 0 aromatic heterocycles. The van der Waals surface area contributed by atoms with Crippen molar-refractivity contribution in [1.82, 2.24) is 0 Å². The highest BCUT2D eigenvalue weighted by molar-refractivity contribution is 5.23. The van der Waals surface area contributed by atoms with E-state index in [1.807, 2.05) is 30.3 Å². The third-order valence-electron chi connectivity index (χ3n) is 3.65. The summed E-state index contributed by atoms with van der Waals surface area (Å²) in [5.41, 5.74) is 6.47. The highest BCUT2D eigenvalue weighted by Gasteiger charge is 2.26. The van der Waals surface area contributed by atoms with E-state index in [1.54, 1.807) is 0 Å². The molecule has 0 bridgehead atoms. The van der Waals surface area contributed by atoms with Crippen molar-refractivity contribution in [2.24, 2.45) is 5.73 Å². The Morgan fingerprint density at radius 1 is 1.37 bits per heavy atom. The first-order chi connectivity index (χ1) is 9.24. The molecular formula is C15H23NO3. The van der Waals surface area contributed by atoms with Gasteiger partial charge in [-0.15, -0.1) is 0 Å². The van der Waals surface area contributed by atoms with Gasteiger partial charge in [0.1, 0.15) is 0 Å². The minimum atomic E-state index is -0.724. The maximum Gasteiger partial charge on any atom is 0.0809 e. The van der Waals surface area contributed by atoms with Gasteiger partial charge in [0.05, 0.1) is 24.9 Å². The molecule has 2 unspecified atom stereocenters. The van der Waals surface area contributed by atoms with Crippen LogP contribution in [0.25, 0.3) is 0 Å². The number of aliphatic hydroxyl groups excluding tert-OH is 1. The lowest BCUT2D eigenvalue weighted by atomic mass is 9.89. The highest BCUT2D eigenvalue weighted by atomic mass is 16.5. The van der Waals surface area contributed by atoms with Crippen molar-refractivity contribution >= 4 is 0 Å². The minimum Gasteiger partial charge on any atom is -0.394 e. The fraction of sp³-hybridized carbons (Fsp3) is 0.600. The molecule has 1 aliphatic heterocycles. The van der Waals surface area contributed by atoms with Crippen LogP contribution in [0.1, 0.15) is 24.8 Å². The normalized spacial score (nSPS) is 22.3. The van der Waals surface area contributed by atoms with E-state index in [0.29, 0.717) is 19.6 Å². The third-order valence-corrected chi connectivity index (χ3v) is 3.65. The van der Waals surface area contributed by atoms with Gasteiger partial charge in [-0.2, -0.15) is 0 Å². The molecule has 0 aliphatic carbocycles. The first-order valence-corrected chi connectivity index (χ1v) is 6.89. The van der Waals surface area contributed by atoms with Gasteiger partial charge in [-0.05, 0) is 24.8 Å². The topological polar surface area (TPSA) is 64.7 Å². The summed E-state index contributed by atoms with van der Waals surface area (Å²) in [6, 6.07) is 9.68. The first kappa shape index (κ1) is 14.5. The number of hydrogen-bond acceptors (Lipinski definition) is 4. The summed E-state index contributed by atoms with van der Waals surface area (Å²) >= 11 is 0. The number of benzene rings is 1. The SMILES string of the molecule is NC(CO)(CCOCC1CCCO1)c1ccccc1. The summed E-state index contributed by atoms with van der Waals surface area (Å²) in [6.45, 7) is 1.91. The van der Waals surface area contributed by atoms with E-state index in [9.17, 15) is 5.11 Å². The first-order valence-electron chi connectivity index (χ1n) is 6.89. The van der Waals surface area contributed by atoms with Crippen molar-refractivity contribution < 1.29 is 14.6 Å². The lowest BCUT2D eigenvalue weighted by molar-refractivity contribution is 0.00874. The number of ether oxygens (including phenoxy) is 2. The van der Waals surface area contributed by atoms with Crippen LogP contribution in [0.5, 0.6) is 0 Å². The van der Waals surface area contributed by atoms with Crippen molar-refractivity contribution in [2.45, 2.75) is 30.9 Å². The second-order valence-corrected chi connectivity index (χ2v) is 5.14. The third kappa shape index (κ3) is 4.01. The van der Waals surface area contributed by atoms with Crippen molar-refractivity contribution in [1.29, 1.82) is 0 Å². The summed E-state index contributed by atoms with van der Waals surface area (Å²) in [5, 5.41) is 9.54. The van der Waals surface area contributed by atoms with Crippen LogP contribution in [0.2, 0.25) is 0 Å². The van der Waals surface area contributed by atoms with E-state index in [0.717, 1.165) is 25.0 Å². The molecule has 2 rings (SSSR count). The molecule has 0 amide bonds. The molecule has 1 fully saturated rings. The van der Waals surface area contributed by atoms with Crippen LogP contribution >= 0.6 is 0 Å². The molecule has 1 aliphatic rings. The molecule has 106 valence electrons. The van der Waals surface area contributed by atoms with Gasteiger partial charge >= 0.3 is 0 Å². The standard InChI is InChI=1S/C15H23NO3/c16-15(12-17,13-5-2-1-3-6-13)8-10-18-11-14-7-4-9-19-14/h1-3,5-6,14,17H,4,7-12,16H2. The van der Waals surface area contributed by atoms with Gasteiger partial charge in [0.2, 0.25) is 0 Å². The molecule has 4 nitrogen and oxygen atoms in total. The molecule has 0 radical (unpaired) electrons. The largest absolute Gasteiger partial charge is 0.394 e. The monoisotopic (exact) mass is 265 g/mol. The fourth-order valence-corrected chi connectivity index (χ4v) is 2.33. The molecule has 1 saturated heterocycles. The molecule has 1 aromatic rings. The van der Waals surface area contributed by atoms with Crippen LogP contribution in [-0.4, -0.2) is 37.6 Å². The Kier molecular flexibility index (Phi) is 5.34. The predicted molar refractivity (Wildman–Crippen MR) is 73.8 cm³/mol. The average molecular weight is 265 g/mol. The van der Waals surface area contributed by atoms with E-state index in [-0.39, 0.29) is 12.7 Å². The number of rotatable bonds is 7. The van der Waals surface area contributed by atoms with Crippen LogP contribution < -0.4 is 5.73 Å². The quantitative estimate of drug-likeness (QED) is 0.732. The summed E-state index contributed by atoms with van der Waals surface area (Å²) < 4.78 is 11.1. The molecular weight excluding hydrogens is 242 g/mol. The van der Waals surface area contributed by atoms with Gasteiger partial charge in [-0.25, -0.2) is 0 Å². The second-order valence-electron chi connectivity index (χ2n) is 5.14. The Hall–Kier alpha value is -0.940. The van der Waals surface area contributed by atoms with Crippen LogP contribution in [0.15, 0.2) is 30.3 Å². The molecule has 3 N–H and O–H groups in total. The number of hydrogen-bond donors (Lipinski definition) is 2. The molecule has 2 atom stereocenters. The Bertz CT molecular complexity index is 365. The van der Waals surface area contributed by atoms with Crippen molar-refractivity contribution in [3.8, 4) is 0 Å². The van der Waals surface area contributed by atoms with Crippen LogP contribution in [-0.2, 0) is 15.0 Å². The summed E-state index contributed by atoms with van der Waals surface area (Å²) in [6.07, 6.45) is 3.03. The van der Waals surface area contributed by atoms with Crippen LogP contribution in [0.4, 0.5) is 0 Å². The Labute approximate surface area is 114 Å². The molecule has 19 heavy (non-hydrogen) atoms. The van der Waals surface area contributed by atoms with Gasteiger partial charge in [0.15, 0.2) is 0 Å². The number of aliphatic hydroxyl groups is 1. The number of nitrogens with two attached hydrogens (primary N) is 1. The van der Waals surface area contributed by atoms with E-state index in [4.69, 9.17) is 15.2 Å². The predicted octanol–water partition coefficient (Wildman–Crippen LogP) is 1.42. The zero-order valence-corrected chi connectivity index (χ0v) is 11.3. The van der Waals surface area contributed by atoms with Crippen molar-refractivity contribution in [3.05, 3.63) is 35.9 Å². The van der Waals surface area contributed by atoms with E-state index >= 15 is 0 Å². The van der Waals surface area contributed by atoms with Gasteiger partial charge in [0.25, 0.3) is 0 Å². The fourth-order valence-electron chi connectivity index (χ4n) is 2.33. The Morgan fingerprint density at radius 3 is 2.79 bits per heavy atom. The zero-order chi connectivity index (χ0) is 13.6. The molecule has 1 heterocycles. The van der Waals surface area contributed by atoms with Gasteiger partial charge in [0, 0.05) is 13.2 Å². The van der Waals surface area contributed by atoms with Crippen LogP contribution in [0.3, 0.4) is 0 Å². The maximum absolute atomic E-state index is 9.54. The average Bonchev–Trinajstić information content (AvgIpc) is 2.97. The van der Waals surface area contributed by atoms with E-state index in [1.165, 1.54) is 0 Å². The van der Waals surface area contributed by atoms with E-state index < -0.39 is 5.54 Å². The van der Waals surface area contributed by atoms with E-state index in [2.05, 4.69) is 0 Å². The molecule has 0 spiro atoms. The summed E-state index contributed by atoms with van der Waals surface area (Å²) in [7, 11) is 0. The van der Waals surface area contributed by atoms with Crippen LogP contribution in [0, 0.1) is 0 Å². The second kappa shape index (κ2) is 7.01. The molecule has 0 saturated carbocycles. The van der Waals surface area contributed by atoms with Gasteiger partial charge in [-0.1, -0.05) is 30.3 Å². The lowest BCUT2D eigenvalue weighted by Gasteiger charge is -2.28. The smallest absolute Gasteiger partial charge is 0.0809 e.